The van der Waals surface area contributed by atoms with Crippen LogP contribution in [0.2, 0.25) is 5.02 Å². The van der Waals surface area contributed by atoms with E-state index in [1.807, 2.05) is 0 Å². The maximum Gasteiger partial charge on any atom is 0.292 e. The van der Waals surface area contributed by atoms with E-state index in [-0.39, 0.29) is 10.8 Å². The molecule has 0 amide bonds. The zero-order chi connectivity index (χ0) is 21.5. The summed E-state index contributed by atoms with van der Waals surface area (Å²) in [4.78, 5) is 12.2. The Morgan fingerprint density at radius 3 is 2.30 bits per heavy atom. The van der Waals surface area contributed by atoms with E-state index in [2.05, 4.69) is 15.2 Å². The number of hydrogen-bond acceptors (Lipinski definition) is 5. The van der Waals surface area contributed by atoms with Gasteiger partial charge < -0.3 is 14.8 Å². The lowest BCUT2D eigenvalue weighted by atomic mass is 10.3. The van der Waals surface area contributed by atoms with Crippen LogP contribution < -0.4 is 15.6 Å². The van der Waals surface area contributed by atoms with Crippen LogP contribution in [0.15, 0.2) is 59.5 Å². The number of halogens is 3. The van der Waals surface area contributed by atoms with Gasteiger partial charge in [0.25, 0.3) is 5.56 Å². The number of hydrogen-bond donors (Lipinski definition) is 1. The Morgan fingerprint density at radius 1 is 1.17 bits per heavy atom. The molecular weight excluding hydrogens is 416 g/mol. The molecule has 1 saturated heterocycles. The maximum atomic E-state index is 12.9. The van der Waals surface area contributed by atoms with Gasteiger partial charge >= 0.3 is 0 Å². The Labute approximate surface area is 177 Å². The lowest BCUT2D eigenvalue weighted by Crippen LogP contribution is -2.22. The summed E-state index contributed by atoms with van der Waals surface area (Å²) in [6, 6.07) is 12.4. The molecule has 30 heavy (non-hydrogen) atoms. The molecule has 1 aliphatic rings. The van der Waals surface area contributed by atoms with Crippen molar-refractivity contribution in [2.45, 2.75) is 12.6 Å². The van der Waals surface area contributed by atoms with Crippen molar-refractivity contribution in [3.05, 3.63) is 75.9 Å². The molecule has 0 radical (unpaired) electrons. The fourth-order valence-electron chi connectivity index (χ4n) is 2.59. The van der Waals surface area contributed by atoms with E-state index in [4.69, 9.17) is 16.3 Å². The van der Waals surface area contributed by atoms with E-state index in [0.717, 1.165) is 0 Å². The average molecular weight is 436 g/mol. The SMILES string of the molecule is CNc1cnn(-c2ccc(Oc3ccc(F)cc3)cc2)c(=O)c1Cl.FC1CCOC1. The molecular formula is C21H20ClF2N3O3. The topological polar surface area (TPSA) is 65.4 Å². The summed E-state index contributed by atoms with van der Waals surface area (Å²) in [5.41, 5.74) is 0.598. The van der Waals surface area contributed by atoms with Crippen LogP contribution in [0.5, 0.6) is 11.5 Å². The Hall–Kier alpha value is -2.97. The van der Waals surface area contributed by atoms with E-state index in [1.165, 1.54) is 35.1 Å². The lowest BCUT2D eigenvalue weighted by molar-refractivity contribution is 0.173. The Kier molecular flexibility index (Phi) is 7.37. The quantitative estimate of drug-likeness (QED) is 0.648. The van der Waals surface area contributed by atoms with Crippen molar-refractivity contribution < 1.29 is 18.3 Å². The first-order valence-corrected chi connectivity index (χ1v) is 9.57. The first-order chi connectivity index (χ1) is 14.5. The second-order valence-corrected chi connectivity index (χ2v) is 6.73. The molecule has 4 rings (SSSR count). The molecule has 158 valence electrons. The largest absolute Gasteiger partial charge is 0.457 e. The summed E-state index contributed by atoms with van der Waals surface area (Å²) in [6.07, 6.45) is 1.40. The third-order valence-corrected chi connectivity index (χ3v) is 4.56. The molecule has 0 spiro atoms. The molecule has 0 aliphatic carbocycles. The van der Waals surface area contributed by atoms with Gasteiger partial charge in [-0.3, -0.25) is 4.79 Å². The summed E-state index contributed by atoms with van der Waals surface area (Å²) in [5.74, 6) is 0.738. The minimum Gasteiger partial charge on any atom is -0.457 e. The highest BCUT2D eigenvalue weighted by atomic mass is 35.5. The van der Waals surface area contributed by atoms with Gasteiger partial charge in [-0.25, -0.2) is 8.78 Å². The molecule has 1 fully saturated rings. The average Bonchev–Trinajstić information content (AvgIpc) is 3.24. The minimum atomic E-state index is -0.676. The fraction of sp³-hybridized carbons (Fsp3) is 0.238. The van der Waals surface area contributed by atoms with Gasteiger partial charge in [-0.15, -0.1) is 0 Å². The first-order valence-electron chi connectivity index (χ1n) is 9.19. The number of aromatic nitrogens is 2. The van der Waals surface area contributed by atoms with Gasteiger partial charge in [0, 0.05) is 20.1 Å². The number of ether oxygens (including phenoxy) is 2. The van der Waals surface area contributed by atoms with Gasteiger partial charge in [0.15, 0.2) is 0 Å². The molecule has 0 bridgehead atoms. The van der Waals surface area contributed by atoms with Crippen LogP contribution in [0.1, 0.15) is 6.42 Å². The summed E-state index contributed by atoms with van der Waals surface area (Å²) in [5, 5.41) is 6.95. The van der Waals surface area contributed by atoms with Crippen molar-refractivity contribution >= 4 is 17.3 Å². The van der Waals surface area contributed by atoms with Crippen LogP contribution in [0.4, 0.5) is 14.5 Å². The van der Waals surface area contributed by atoms with Crippen molar-refractivity contribution in [2.24, 2.45) is 0 Å². The molecule has 3 aromatic rings. The monoisotopic (exact) mass is 435 g/mol. The normalized spacial score (nSPS) is 15.3. The van der Waals surface area contributed by atoms with Gasteiger partial charge in [-0.05, 0) is 48.5 Å². The second kappa shape index (κ2) is 10.2. The van der Waals surface area contributed by atoms with E-state index in [1.54, 1.807) is 31.3 Å². The number of nitrogens with zero attached hydrogens (tertiary/aromatic N) is 2. The highest BCUT2D eigenvalue weighted by Gasteiger charge is 2.12. The maximum absolute atomic E-state index is 12.9. The lowest BCUT2D eigenvalue weighted by Gasteiger charge is -2.09. The van der Waals surface area contributed by atoms with Crippen molar-refractivity contribution in [3.8, 4) is 17.2 Å². The molecule has 1 aromatic heterocycles. The second-order valence-electron chi connectivity index (χ2n) is 6.35. The summed E-state index contributed by atoms with van der Waals surface area (Å²) < 4.78 is 36.2. The van der Waals surface area contributed by atoms with Gasteiger partial charge in [-0.1, -0.05) is 11.6 Å². The number of benzene rings is 2. The third kappa shape index (κ3) is 5.55. The molecule has 0 saturated carbocycles. The third-order valence-electron chi connectivity index (χ3n) is 4.19. The smallest absolute Gasteiger partial charge is 0.292 e. The summed E-state index contributed by atoms with van der Waals surface area (Å²) >= 11 is 6.01. The van der Waals surface area contributed by atoms with Crippen molar-refractivity contribution in [2.75, 3.05) is 25.6 Å². The van der Waals surface area contributed by atoms with Crippen LogP contribution in [0.25, 0.3) is 5.69 Å². The predicted octanol–water partition coefficient (Wildman–Crippen LogP) is 4.60. The van der Waals surface area contributed by atoms with Crippen molar-refractivity contribution in [1.82, 2.24) is 9.78 Å². The van der Waals surface area contributed by atoms with Crippen LogP contribution in [-0.2, 0) is 4.74 Å². The van der Waals surface area contributed by atoms with Gasteiger partial charge in [0.1, 0.15) is 28.5 Å². The number of nitrogens with one attached hydrogen (secondary N) is 1. The Morgan fingerprint density at radius 2 is 1.80 bits per heavy atom. The van der Waals surface area contributed by atoms with Gasteiger partial charge in [0.2, 0.25) is 0 Å². The van der Waals surface area contributed by atoms with Crippen molar-refractivity contribution in [3.63, 3.8) is 0 Å². The van der Waals surface area contributed by atoms with Crippen LogP contribution in [0, 0.1) is 5.82 Å². The number of rotatable bonds is 4. The van der Waals surface area contributed by atoms with E-state index < -0.39 is 11.7 Å². The molecule has 9 heteroatoms. The van der Waals surface area contributed by atoms with E-state index in [9.17, 15) is 13.6 Å². The highest BCUT2D eigenvalue weighted by molar-refractivity contribution is 6.32. The standard InChI is InChI=1S/C17H13ClFN3O2.C4H7FO/c1-20-15-10-21-22(17(23)16(15)18)12-4-8-14(9-5-12)24-13-6-2-11(19)3-7-13;5-4-1-2-6-3-4/h2-10,20H,1H3;4H,1-3H2. The minimum absolute atomic E-state index is 0.0686. The van der Waals surface area contributed by atoms with E-state index in [0.29, 0.717) is 42.5 Å². The predicted molar refractivity (Wildman–Crippen MR) is 111 cm³/mol. The molecule has 2 heterocycles. The van der Waals surface area contributed by atoms with Crippen LogP contribution in [-0.4, -0.2) is 36.2 Å². The van der Waals surface area contributed by atoms with Crippen molar-refractivity contribution in [1.29, 1.82) is 0 Å². The number of anilines is 1. The highest BCUT2D eigenvalue weighted by Crippen LogP contribution is 2.23. The first kappa shape index (κ1) is 21.7. The molecule has 1 atom stereocenters. The molecule has 1 aliphatic heterocycles. The van der Waals surface area contributed by atoms with Crippen LogP contribution >= 0.6 is 11.6 Å². The molecule has 6 nitrogen and oxygen atoms in total. The number of alkyl halides is 1. The zero-order valence-electron chi connectivity index (χ0n) is 16.1. The van der Waals surface area contributed by atoms with E-state index >= 15 is 0 Å². The zero-order valence-corrected chi connectivity index (χ0v) is 16.9. The molecule has 1 N–H and O–H groups in total. The summed E-state index contributed by atoms with van der Waals surface area (Å²) in [6.45, 7) is 0.932. The molecule has 2 aromatic carbocycles. The van der Waals surface area contributed by atoms with Gasteiger partial charge in [-0.2, -0.15) is 9.78 Å². The summed E-state index contributed by atoms with van der Waals surface area (Å²) in [7, 11) is 1.66. The Bertz CT molecular complexity index is 1020. The van der Waals surface area contributed by atoms with Gasteiger partial charge in [0.05, 0.1) is 24.2 Å². The van der Waals surface area contributed by atoms with Crippen LogP contribution in [0.3, 0.4) is 0 Å². The fourth-order valence-corrected chi connectivity index (χ4v) is 2.81. The molecule has 1 unspecified atom stereocenters. The Balaban J connectivity index is 0.000000367.